The summed E-state index contributed by atoms with van der Waals surface area (Å²) in [5.41, 5.74) is 9.11. The Hall–Kier alpha value is -7.45. The summed E-state index contributed by atoms with van der Waals surface area (Å²) in [6.07, 6.45) is 8.72. The molecule has 0 bridgehead atoms. The van der Waals surface area contributed by atoms with Crippen molar-refractivity contribution in [1.82, 2.24) is 25.4 Å². The van der Waals surface area contributed by atoms with Gasteiger partial charge in [-0.05, 0) is 86.6 Å². The molecule has 0 atom stereocenters. The zero-order valence-corrected chi connectivity index (χ0v) is 35.2. The van der Waals surface area contributed by atoms with Crippen LogP contribution in [0.5, 0.6) is 0 Å². The lowest BCUT2D eigenvalue weighted by Crippen LogP contribution is -2.43. The van der Waals surface area contributed by atoms with E-state index in [1.54, 1.807) is 31.2 Å². The first-order valence-electron chi connectivity index (χ1n) is 19.3. The largest absolute Gasteiger partial charge is 0.481 e. The van der Waals surface area contributed by atoms with Crippen LogP contribution in [0.15, 0.2) is 86.9 Å². The van der Waals surface area contributed by atoms with E-state index < -0.39 is 62.0 Å². The summed E-state index contributed by atoms with van der Waals surface area (Å²) >= 11 is 0. The van der Waals surface area contributed by atoms with E-state index in [0.717, 1.165) is 37.6 Å². The number of carbonyl (C=O) groups is 8. The molecule has 0 aliphatic carbocycles. The van der Waals surface area contributed by atoms with Crippen molar-refractivity contribution in [3.05, 3.63) is 104 Å². The van der Waals surface area contributed by atoms with Crippen molar-refractivity contribution in [3.8, 4) is 0 Å². The second kappa shape index (κ2) is 22.4. The molecule has 0 radical (unpaired) electrons. The molecule has 0 aromatic carbocycles. The number of allylic oxidation sites excluding steroid dienone is 5. The molecule has 336 valence electrons. The SMILES string of the molecule is C=CC1=C(C)/C(=C/C2=NC(=C\c3[nH]c(/C=C4\NC(=O)C(C)=C4C=C)c(C)c3CCC(=O)O)/C(CCC(=O)O)=C2C)NC1=O.O=C(O)CN(CCN(CC(=O)O)CC(=O)O)CC(=O)O. The average Bonchev–Trinajstić information content (AvgIpc) is 3.82. The van der Waals surface area contributed by atoms with Crippen molar-refractivity contribution in [1.29, 1.82) is 0 Å². The molecular weight excluding hydrogens is 825 g/mol. The minimum absolute atomic E-state index is 0.0703. The Kier molecular flexibility index (Phi) is 17.8. The summed E-state index contributed by atoms with van der Waals surface area (Å²) < 4.78 is 0. The fourth-order valence-electron chi connectivity index (χ4n) is 6.80. The van der Waals surface area contributed by atoms with Gasteiger partial charge in [-0.3, -0.25) is 48.2 Å². The molecule has 1 aromatic heterocycles. The van der Waals surface area contributed by atoms with Crippen LogP contribution in [-0.2, 0) is 44.8 Å². The van der Waals surface area contributed by atoms with Gasteiger partial charge in [0.2, 0.25) is 0 Å². The van der Waals surface area contributed by atoms with Gasteiger partial charge in [0, 0.05) is 59.7 Å². The number of carboxylic acids is 6. The lowest BCUT2D eigenvalue weighted by atomic mass is 9.98. The second-order valence-corrected chi connectivity index (χ2v) is 14.5. The molecule has 2 amide bonds. The summed E-state index contributed by atoms with van der Waals surface area (Å²) in [4.78, 5) is 100. The third kappa shape index (κ3) is 14.0. The number of aromatic amines is 1. The first-order valence-corrected chi connectivity index (χ1v) is 19.3. The van der Waals surface area contributed by atoms with E-state index in [9.17, 15) is 48.6 Å². The lowest BCUT2D eigenvalue weighted by molar-refractivity contribution is -0.145. The molecule has 0 spiro atoms. The monoisotopic (exact) mass is 874 g/mol. The molecule has 1 aromatic rings. The van der Waals surface area contributed by atoms with Crippen LogP contribution >= 0.6 is 0 Å². The number of amides is 2. The van der Waals surface area contributed by atoms with Crippen LogP contribution in [0.4, 0.5) is 0 Å². The van der Waals surface area contributed by atoms with Gasteiger partial charge in [-0.25, -0.2) is 4.99 Å². The zero-order valence-electron chi connectivity index (χ0n) is 35.2. The fraction of sp³-hybridized carbons (Fsp3) is 0.326. The smallest absolute Gasteiger partial charge is 0.317 e. The van der Waals surface area contributed by atoms with E-state index in [-0.39, 0.29) is 50.6 Å². The van der Waals surface area contributed by atoms with Gasteiger partial charge in [0.25, 0.3) is 11.8 Å². The van der Waals surface area contributed by atoms with Crippen LogP contribution in [0.25, 0.3) is 12.2 Å². The normalized spacial score (nSPS) is 16.8. The molecule has 4 rings (SSSR count). The maximum absolute atomic E-state index is 12.3. The molecule has 0 fully saturated rings. The summed E-state index contributed by atoms with van der Waals surface area (Å²) in [5.74, 6) is -7.27. The van der Waals surface area contributed by atoms with Crippen molar-refractivity contribution in [2.45, 2.75) is 53.4 Å². The number of aromatic nitrogens is 1. The van der Waals surface area contributed by atoms with Gasteiger partial charge < -0.3 is 46.3 Å². The highest BCUT2D eigenvalue weighted by Crippen LogP contribution is 2.35. The van der Waals surface area contributed by atoms with Gasteiger partial charge in [-0.1, -0.05) is 25.3 Å². The average molecular weight is 875 g/mol. The first-order chi connectivity index (χ1) is 29.6. The topological polar surface area (TPSA) is 317 Å². The summed E-state index contributed by atoms with van der Waals surface area (Å²) in [6.45, 7) is 12.5. The minimum Gasteiger partial charge on any atom is -0.481 e. The van der Waals surface area contributed by atoms with Crippen molar-refractivity contribution in [3.63, 3.8) is 0 Å². The quantitative estimate of drug-likeness (QED) is 0.0809. The Labute approximate surface area is 361 Å². The van der Waals surface area contributed by atoms with Gasteiger partial charge in [0.15, 0.2) is 0 Å². The zero-order chi connectivity index (χ0) is 47.3. The number of hydrogen-bond acceptors (Lipinski definition) is 11. The Balaban J connectivity index is 0.000000446. The molecule has 0 saturated heterocycles. The molecule has 20 nitrogen and oxygen atoms in total. The first kappa shape index (κ1) is 49.9. The summed E-state index contributed by atoms with van der Waals surface area (Å²) in [6, 6.07) is 0. The Morgan fingerprint density at radius 1 is 0.587 bits per heavy atom. The lowest BCUT2D eigenvalue weighted by Gasteiger charge is -2.23. The van der Waals surface area contributed by atoms with Gasteiger partial charge in [0.05, 0.1) is 43.3 Å². The number of hydrogen-bond donors (Lipinski definition) is 9. The van der Waals surface area contributed by atoms with E-state index in [0.29, 0.717) is 50.9 Å². The number of aliphatic imine (C=N–C) groups is 1. The van der Waals surface area contributed by atoms with Crippen LogP contribution in [0.3, 0.4) is 0 Å². The number of rotatable bonds is 22. The molecule has 3 aliphatic rings. The number of nitrogens with one attached hydrogen (secondary N) is 3. The van der Waals surface area contributed by atoms with E-state index >= 15 is 0 Å². The van der Waals surface area contributed by atoms with Crippen LogP contribution in [0, 0.1) is 6.92 Å². The van der Waals surface area contributed by atoms with Gasteiger partial charge in [-0.15, -0.1) is 0 Å². The minimum atomic E-state index is -1.23. The third-order valence-electron chi connectivity index (χ3n) is 10.0. The maximum Gasteiger partial charge on any atom is 0.317 e. The molecular formula is C43H50N6O14. The highest BCUT2D eigenvalue weighted by molar-refractivity contribution is 6.14. The van der Waals surface area contributed by atoms with E-state index in [4.69, 9.17) is 25.4 Å². The Morgan fingerprint density at radius 3 is 1.54 bits per heavy atom. The van der Waals surface area contributed by atoms with Crippen LogP contribution < -0.4 is 10.6 Å². The van der Waals surface area contributed by atoms with Crippen LogP contribution in [0.1, 0.15) is 62.5 Å². The molecule has 4 heterocycles. The molecule has 3 aliphatic heterocycles. The van der Waals surface area contributed by atoms with Crippen LogP contribution in [0.2, 0.25) is 0 Å². The van der Waals surface area contributed by atoms with Gasteiger partial charge in [0.1, 0.15) is 0 Å². The Morgan fingerprint density at radius 2 is 1.08 bits per heavy atom. The third-order valence-corrected chi connectivity index (χ3v) is 10.0. The number of carbonyl (C=O) groups excluding carboxylic acids is 2. The van der Waals surface area contributed by atoms with Crippen molar-refractivity contribution < 1.29 is 69.0 Å². The number of H-pyrrole nitrogens is 1. The molecule has 0 unspecified atom stereocenters. The second-order valence-electron chi connectivity index (χ2n) is 14.5. The molecule has 63 heavy (non-hydrogen) atoms. The highest BCUT2D eigenvalue weighted by atomic mass is 16.4. The Bertz CT molecular complexity index is 2290. The predicted molar refractivity (Wildman–Crippen MR) is 228 cm³/mol. The van der Waals surface area contributed by atoms with Crippen molar-refractivity contribution in [2.24, 2.45) is 4.99 Å². The molecule has 9 N–H and O–H groups in total. The van der Waals surface area contributed by atoms with Gasteiger partial charge in [-0.2, -0.15) is 0 Å². The summed E-state index contributed by atoms with van der Waals surface area (Å²) in [5, 5.41) is 59.0. The van der Waals surface area contributed by atoms with Crippen LogP contribution in [-0.4, -0.2) is 138 Å². The van der Waals surface area contributed by atoms with E-state index in [2.05, 4.69) is 28.8 Å². The maximum atomic E-state index is 12.3. The standard InChI is InChI=1S/C33H34N4O6.C10H16N2O8/c1-7-20-19(6)32(42)37-27(20)14-25-18(5)23(10-12-31(40)41)29(35-25)15-28-22(9-11-30(38)39)17(4)24(34-28)13-26-16(3)21(8-2)33(43)36-26;13-7(14)3-11(4-8(15)16)1-2-12(5-9(17)18)6-10(19)20/h7-8,13-15,35H,1-2,9-12H2,3-6H3,(H,36,43)(H,37,42)(H,38,39)(H,40,41);1-6H2,(H,13,14)(H,15,16)(H,17,18)(H,19,20)/b26-13-,27-14-,28-15-;. The van der Waals surface area contributed by atoms with Gasteiger partial charge >= 0.3 is 35.8 Å². The molecule has 0 saturated carbocycles. The van der Waals surface area contributed by atoms with E-state index in [1.807, 2.05) is 20.8 Å². The highest BCUT2D eigenvalue weighted by Gasteiger charge is 2.27. The fourth-order valence-corrected chi connectivity index (χ4v) is 6.80. The van der Waals surface area contributed by atoms with E-state index in [1.165, 1.54) is 6.08 Å². The number of aliphatic carboxylic acids is 6. The van der Waals surface area contributed by atoms with Crippen molar-refractivity contribution in [2.75, 3.05) is 39.3 Å². The molecule has 20 heteroatoms. The van der Waals surface area contributed by atoms with Crippen molar-refractivity contribution >= 4 is 65.5 Å². The number of nitrogens with zero attached hydrogens (tertiary/aromatic N) is 3. The number of carboxylic acid groups (broad SMARTS) is 6. The predicted octanol–water partition coefficient (Wildman–Crippen LogP) is 2.74. The summed E-state index contributed by atoms with van der Waals surface area (Å²) in [7, 11) is 0.